The van der Waals surface area contributed by atoms with Gasteiger partial charge >= 0.3 is 6.18 Å². The number of Topliss-reactive ketones (excluding diaryl/α,β-unsaturated/α-hetero) is 1. The highest BCUT2D eigenvalue weighted by Crippen LogP contribution is 2.30. The van der Waals surface area contributed by atoms with Gasteiger partial charge in [0.1, 0.15) is 11.6 Å². The van der Waals surface area contributed by atoms with Crippen LogP contribution in [-0.4, -0.2) is 16.7 Å². The molecule has 1 aromatic heterocycles. The van der Waals surface area contributed by atoms with Crippen LogP contribution in [0.3, 0.4) is 0 Å². The molecular weight excluding hydrogens is 376 g/mol. The molecule has 0 unspecified atom stereocenters. The quantitative estimate of drug-likeness (QED) is 0.743. The van der Waals surface area contributed by atoms with E-state index >= 15 is 0 Å². The number of hydrogen-bond acceptors (Lipinski definition) is 3. The second-order valence-corrected chi connectivity index (χ2v) is 6.77. The van der Waals surface area contributed by atoms with E-state index in [1.807, 2.05) is 0 Å². The number of benzene rings is 1. The Balaban J connectivity index is 2.16. The van der Waals surface area contributed by atoms with Gasteiger partial charge in [0.2, 0.25) is 0 Å². The molecule has 0 aliphatic rings. The molecule has 0 radical (unpaired) electrons. The average Bonchev–Trinajstić information content (AvgIpc) is 2.59. The molecule has 0 aliphatic carbocycles. The first-order chi connectivity index (χ1) is 13.0. The molecular formula is C20H20F4N2O2. The second-order valence-electron chi connectivity index (χ2n) is 6.77. The van der Waals surface area contributed by atoms with Gasteiger partial charge in [0.05, 0.1) is 5.56 Å². The lowest BCUT2D eigenvalue weighted by molar-refractivity contribution is -0.137. The van der Waals surface area contributed by atoms with Crippen LogP contribution in [0.4, 0.5) is 17.6 Å². The molecule has 150 valence electrons. The van der Waals surface area contributed by atoms with Crippen molar-refractivity contribution in [1.82, 2.24) is 10.3 Å². The van der Waals surface area contributed by atoms with Crippen molar-refractivity contribution < 1.29 is 27.2 Å². The highest BCUT2D eigenvalue weighted by Gasteiger charge is 2.31. The number of nitrogens with zero attached hydrogens (tertiary/aromatic N) is 1. The summed E-state index contributed by atoms with van der Waals surface area (Å²) in [5, 5.41) is 2.41. The minimum absolute atomic E-state index is 0.0319. The van der Waals surface area contributed by atoms with Gasteiger partial charge in [-0.3, -0.25) is 14.6 Å². The summed E-state index contributed by atoms with van der Waals surface area (Å²) < 4.78 is 52.1. The molecule has 28 heavy (non-hydrogen) atoms. The lowest BCUT2D eigenvalue weighted by Crippen LogP contribution is -2.24. The Kier molecular flexibility index (Phi) is 6.53. The number of carbonyl (C=O) groups excluding carboxylic acids is 2. The molecule has 4 nitrogen and oxygen atoms in total. The molecule has 0 saturated carbocycles. The van der Waals surface area contributed by atoms with E-state index in [2.05, 4.69) is 10.3 Å². The van der Waals surface area contributed by atoms with Gasteiger partial charge in [-0.05, 0) is 37.3 Å². The van der Waals surface area contributed by atoms with Crippen LogP contribution in [0.5, 0.6) is 0 Å². The van der Waals surface area contributed by atoms with E-state index in [1.165, 1.54) is 12.1 Å². The van der Waals surface area contributed by atoms with E-state index in [0.29, 0.717) is 23.5 Å². The summed E-state index contributed by atoms with van der Waals surface area (Å²) in [4.78, 5) is 28.5. The zero-order valence-electron chi connectivity index (χ0n) is 15.7. The van der Waals surface area contributed by atoms with Crippen molar-refractivity contribution in [3.8, 4) is 0 Å². The number of aryl methyl sites for hydroxylation is 1. The molecule has 2 rings (SSSR count). The van der Waals surface area contributed by atoms with Crippen molar-refractivity contribution >= 4 is 11.7 Å². The Labute approximate surface area is 160 Å². The summed E-state index contributed by atoms with van der Waals surface area (Å²) in [6.45, 7) is 4.77. The van der Waals surface area contributed by atoms with E-state index in [4.69, 9.17) is 0 Å². The molecule has 0 bridgehead atoms. The van der Waals surface area contributed by atoms with Gasteiger partial charge in [0.15, 0.2) is 0 Å². The van der Waals surface area contributed by atoms with Crippen LogP contribution in [0.1, 0.15) is 46.7 Å². The number of rotatable bonds is 6. The van der Waals surface area contributed by atoms with Crippen molar-refractivity contribution in [2.24, 2.45) is 5.92 Å². The zero-order chi connectivity index (χ0) is 21.1. The monoisotopic (exact) mass is 396 g/mol. The number of pyridine rings is 1. The number of halogens is 4. The third kappa shape index (κ3) is 5.61. The summed E-state index contributed by atoms with van der Waals surface area (Å²) in [6, 6.07) is 4.97. The lowest BCUT2D eigenvalue weighted by atomic mass is 10.0. The Morgan fingerprint density at radius 3 is 2.43 bits per heavy atom. The lowest BCUT2D eigenvalue weighted by Gasteiger charge is -2.12. The number of aromatic nitrogens is 1. The van der Waals surface area contributed by atoms with Crippen LogP contribution in [-0.2, 0) is 23.9 Å². The summed E-state index contributed by atoms with van der Waals surface area (Å²) in [7, 11) is 0. The molecule has 0 atom stereocenters. The molecule has 0 spiro atoms. The van der Waals surface area contributed by atoms with Crippen molar-refractivity contribution in [2.75, 3.05) is 0 Å². The largest absolute Gasteiger partial charge is 0.416 e. The predicted molar refractivity (Wildman–Crippen MR) is 95.1 cm³/mol. The number of nitrogens with one attached hydrogen (secondary N) is 1. The molecule has 2 aromatic rings. The molecule has 0 saturated heterocycles. The first kappa shape index (κ1) is 21.5. The van der Waals surface area contributed by atoms with E-state index in [1.54, 1.807) is 20.8 Å². The van der Waals surface area contributed by atoms with Crippen LogP contribution < -0.4 is 5.32 Å². The minimum Gasteiger partial charge on any atom is -0.348 e. The van der Waals surface area contributed by atoms with E-state index in [-0.39, 0.29) is 29.2 Å². The molecule has 1 amide bonds. The first-order valence-corrected chi connectivity index (χ1v) is 8.61. The topological polar surface area (TPSA) is 59.1 Å². The Hall–Kier alpha value is -2.77. The van der Waals surface area contributed by atoms with Gasteiger partial charge in [-0.15, -0.1) is 0 Å². The molecule has 1 aromatic carbocycles. The number of carbonyl (C=O) groups is 2. The fourth-order valence-electron chi connectivity index (χ4n) is 2.51. The average molecular weight is 396 g/mol. The highest BCUT2D eigenvalue weighted by atomic mass is 19.4. The van der Waals surface area contributed by atoms with Gasteiger partial charge < -0.3 is 5.32 Å². The maximum Gasteiger partial charge on any atom is 0.416 e. The van der Waals surface area contributed by atoms with Crippen LogP contribution in [0.25, 0.3) is 0 Å². The fraction of sp³-hybridized carbons (Fsp3) is 0.350. The Morgan fingerprint density at radius 2 is 1.82 bits per heavy atom. The van der Waals surface area contributed by atoms with Gasteiger partial charge in [0.25, 0.3) is 5.91 Å². The number of amides is 1. The van der Waals surface area contributed by atoms with E-state index < -0.39 is 30.0 Å². The predicted octanol–water partition coefficient (Wildman–Crippen LogP) is 4.25. The molecule has 1 heterocycles. The van der Waals surface area contributed by atoms with Crippen molar-refractivity contribution in [3.63, 3.8) is 0 Å². The number of ketones is 1. The zero-order valence-corrected chi connectivity index (χ0v) is 15.7. The fourth-order valence-corrected chi connectivity index (χ4v) is 2.51. The maximum atomic E-state index is 13.8. The molecule has 8 heteroatoms. The van der Waals surface area contributed by atoms with Crippen LogP contribution in [0.15, 0.2) is 30.3 Å². The first-order valence-electron chi connectivity index (χ1n) is 8.61. The Bertz CT molecular complexity index is 892. The van der Waals surface area contributed by atoms with Gasteiger partial charge in [-0.1, -0.05) is 13.8 Å². The molecule has 0 aliphatic heterocycles. The number of alkyl halides is 3. The van der Waals surface area contributed by atoms with Crippen molar-refractivity contribution in [3.05, 3.63) is 64.2 Å². The minimum atomic E-state index is -4.60. The normalized spacial score (nSPS) is 11.6. The summed E-state index contributed by atoms with van der Waals surface area (Å²) in [5.41, 5.74) is -0.124. The van der Waals surface area contributed by atoms with E-state index in [9.17, 15) is 27.2 Å². The van der Waals surface area contributed by atoms with Crippen molar-refractivity contribution in [2.45, 2.75) is 39.9 Å². The SMILES string of the molecule is Cc1cc(C(=O)NCc2cc(C(F)(F)F)ccc2F)cc(CC(=O)C(C)C)n1. The standard InChI is InChI=1S/C20H20F4N2O2/c1-11(2)18(27)9-16-8-13(6-12(3)26-16)19(28)25-10-14-7-15(20(22,23)24)4-5-17(14)21/h4-8,11H,9-10H2,1-3H3,(H,25,28). The Morgan fingerprint density at radius 1 is 1.14 bits per heavy atom. The van der Waals surface area contributed by atoms with Crippen molar-refractivity contribution in [1.29, 1.82) is 0 Å². The number of hydrogen-bond donors (Lipinski definition) is 1. The maximum absolute atomic E-state index is 13.8. The smallest absolute Gasteiger partial charge is 0.348 e. The summed E-state index contributed by atoms with van der Waals surface area (Å²) in [5.74, 6) is -1.65. The van der Waals surface area contributed by atoms with Crippen LogP contribution in [0, 0.1) is 18.7 Å². The third-order valence-corrected chi connectivity index (χ3v) is 4.08. The van der Waals surface area contributed by atoms with Gasteiger partial charge in [-0.25, -0.2) is 4.39 Å². The third-order valence-electron chi connectivity index (χ3n) is 4.08. The molecule has 0 fully saturated rings. The van der Waals surface area contributed by atoms with Gasteiger partial charge in [0, 0.05) is 41.4 Å². The second kappa shape index (κ2) is 8.50. The summed E-state index contributed by atoms with van der Waals surface area (Å²) in [6.07, 6.45) is -4.53. The van der Waals surface area contributed by atoms with Crippen LogP contribution >= 0.6 is 0 Å². The molecule has 1 N–H and O–H groups in total. The highest BCUT2D eigenvalue weighted by molar-refractivity contribution is 5.94. The van der Waals surface area contributed by atoms with Crippen LogP contribution in [0.2, 0.25) is 0 Å². The van der Waals surface area contributed by atoms with Gasteiger partial charge in [-0.2, -0.15) is 13.2 Å². The summed E-state index contributed by atoms with van der Waals surface area (Å²) >= 11 is 0. The van der Waals surface area contributed by atoms with E-state index in [0.717, 1.165) is 6.07 Å².